The molecule has 0 aromatic heterocycles. The molecule has 0 aromatic carbocycles. The van der Waals surface area contributed by atoms with Gasteiger partial charge in [-0.15, -0.1) is 0 Å². The summed E-state index contributed by atoms with van der Waals surface area (Å²) in [5.74, 6) is 0.220. The van der Waals surface area contributed by atoms with Gasteiger partial charge in [0.25, 0.3) is 0 Å². The van der Waals surface area contributed by atoms with Crippen molar-refractivity contribution in [3.63, 3.8) is 0 Å². The first-order valence-electron chi connectivity index (χ1n) is 6.54. The van der Waals surface area contributed by atoms with Crippen LogP contribution in [0.5, 0.6) is 0 Å². The van der Waals surface area contributed by atoms with Gasteiger partial charge in [-0.25, -0.2) is 0 Å². The van der Waals surface area contributed by atoms with E-state index >= 15 is 0 Å². The fourth-order valence-electron chi connectivity index (χ4n) is 2.02. The van der Waals surface area contributed by atoms with Gasteiger partial charge in [0, 0.05) is 0 Å². The summed E-state index contributed by atoms with van der Waals surface area (Å²) >= 11 is 0. The van der Waals surface area contributed by atoms with E-state index in [2.05, 4.69) is 13.8 Å². The molecule has 0 rings (SSSR count). The summed E-state index contributed by atoms with van der Waals surface area (Å²) in [5, 5.41) is 0. The first-order valence-corrected chi connectivity index (χ1v) is 8.34. The Bertz CT molecular complexity index is 200. The monoisotopic (exact) mass is 250 g/mol. The van der Waals surface area contributed by atoms with E-state index < -0.39 is 7.60 Å². The fraction of sp³-hybridized carbons (Fsp3) is 1.00. The Kier molecular flexibility index (Phi) is 9.29. The van der Waals surface area contributed by atoms with Crippen LogP contribution in [0.25, 0.3) is 0 Å². The van der Waals surface area contributed by atoms with Gasteiger partial charge in [-0.1, -0.05) is 52.4 Å². The molecule has 4 heteroatoms. The van der Waals surface area contributed by atoms with Crippen LogP contribution in [-0.2, 0) is 4.57 Å². The maximum Gasteiger partial charge on any atom is 0.325 e. The van der Waals surface area contributed by atoms with E-state index in [1.54, 1.807) is 0 Å². The highest BCUT2D eigenvalue weighted by molar-refractivity contribution is 7.51. The molecule has 0 aliphatic rings. The average Bonchev–Trinajstić information content (AvgIpc) is 2.18. The molecule has 0 radical (unpaired) electrons. The standard InChI is InChI=1S/C12H27O3P/c1-3-5-7-8-10-12(9-6-4-2)11-16(13,14)15/h12H,3-11H2,1-2H3,(H2,13,14,15). The smallest absolute Gasteiger partial charge is 0.324 e. The topological polar surface area (TPSA) is 57.5 Å². The molecule has 0 aliphatic heterocycles. The van der Waals surface area contributed by atoms with Crippen molar-refractivity contribution >= 4 is 7.60 Å². The molecule has 0 saturated heterocycles. The number of rotatable bonds is 10. The predicted octanol–water partition coefficient (Wildman–Crippen LogP) is 3.94. The van der Waals surface area contributed by atoms with Gasteiger partial charge in [0.1, 0.15) is 0 Å². The van der Waals surface area contributed by atoms with Crippen molar-refractivity contribution < 1.29 is 14.4 Å². The van der Waals surface area contributed by atoms with Crippen LogP contribution in [0.2, 0.25) is 0 Å². The van der Waals surface area contributed by atoms with Crippen molar-refractivity contribution in [1.29, 1.82) is 0 Å². The normalized spacial score (nSPS) is 14.0. The number of hydrogen-bond donors (Lipinski definition) is 2. The van der Waals surface area contributed by atoms with Gasteiger partial charge >= 0.3 is 7.60 Å². The fourth-order valence-corrected chi connectivity index (χ4v) is 3.05. The quantitative estimate of drug-likeness (QED) is 0.456. The summed E-state index contributed by atoms with van der Waals surface area (Å²) in [7, 11) is -3.82. The largest absolute Gasteiger partial charge is 0.325 e. The molecular weight excluding hydrogens is 223 g/mol. The second kappa shape index (κ2) is 9.21. The Morgan fingerprint density at radius 3 is 2.00 bits per heavy atom. The Balaban J connectivity index is 3.86. The molecule has 0 aliphatic carbocycles. The van der Waals surface area contributed by atoms with E-state index in [1.165, 1.54) is 19.3 Å². The molecule has 1 atom stereocenters. The Hall–Kier alpha value is 0.150. The van der Waals surface area contributed by atoms with E-state index in [4.69, 9.17) is 9.79 Å². The van der Waals surface area contributed by atoms with Gasteiger partial charge in [-0.2, -0.15) is 0 Å². The van der Waals surface area contributed by atoms with E-state index in [0.717, 1.165) is 32.1 Å². The Morgan fingerprint density at radius 1 is 0.938 bits per heavy atom. The van der Waals surface area contributed by atoms with Crippen molar-refractivity contribution in [2.75, 3.05) is 6.16 Å². The molecule has 98 valence electrons. The summed E-state index contributed by atoms with van der Waals surface area (Å²) in [6, 6.07) is 0. The highest BCUT2D eigenvalue weighted by Gasteiger charge is 2.20. The van der Waals surface area contributed by atoms with Crippen molar-refractivity contribution in [3.05, 3.63) is 0 Å². The van der Waals surface area contributed by atoms with Crippen LogP contribution in [0.4, 0.5) is 0 Å². The van der Waals surface area contributed by atoms with E-state index in [9.17, 15) is 4.57 Å². The van der Waals surface area contributed by atoms with Crippen LogP contribution < -0.4 is 0 Å². The third-order valence-corrected chi connectivity index (χ3v) is 3.92. The third-order valence-electron chi connectivity index (χ3n) is 2.93. The average molecular weight is 250 g/mol. The lowest BCUT2D eigenvalue weighted by Crippen LogP contribution is -2.07. The maximum absolute atomic E-state index is 11.0. The predicted molar refractivity (Wildman–Crippen MR) is 68.7 cm³/mol. The molecule has 0 saturated carbocycles. The highest BCUT2D eigenvalue weighted by atomic mass is 31.2. The minimum atomic E-state index is -3.82. The lowest BCUT2D eigenvalue weighted by molar-refractivity contribution is 0.348. The summed E-state index contributed by atoms with van der Waals surface area (Å²) in [4.78, 5) is 18.0. The molecule has 0 fully saturated rings. The summed E-state index contributed by atoms with van der Waals surface area (Å²) in [6.07, 6.45) is 8.96. The van der Waals surface area contributed by atoms with E-state index in [-0.39, 0.29) is 12.1 Å². The highest BCUT2D eigenvalue weighted by Crippen LogP contribution is 2.39. The van der Waals surface area contributed by atoms with Crippen LogP contribution in [0.1, 0.15) is 65.2 Å². The second-order valence-corrected chi connectivity index (χ2v) is 6.40. The molecule has 0 spiro atoms. The SMILES string of the molecule is CCCCCCC(CCCC)CP(=O)(O)O. The van der Waals surface area contributed by atoms with E-state index in [1.807, 2.05) is 0 Å². The second-order valence-electron chi connectivity index (χ2n) is 4.70. The molecule has 0 aromatic rings. The maximum atomic E-state index is 11.0. The minimum Gasteiger partial charge on any atom is -0.324 e. The van der Waals surface area contributed by atoms with Gasteiger partial charge in [0.15, 0.2) is 0 Å². The van der Waals surface area contributed by atoms with Gasteiger partial charge in [-0.3, -0.25) is 4.57 Å². The van der Waals surface area contributed by atoms with Gasteiger partial charge in [0.2, 0.25) is 0 Å². The molecular formula is C12H27O3P. The van der Waals surface area contributed by atoms with Crippen LogP contribution in [0, 0.1) is 5.92 Å². The van der Waals surface area contributed by atoms with Crippen molar-refractivity contribution in [2.24, 2.45) is 5.92 Å². The number of hydrogen-bond acceptors (Lipinski definition) is 1. The molecule has 0 amide bonds. The van der Waals surface area contributed by atoms with Crippen LogP contribution in [0.3, 0.4) is 0 Å². The van der Waals surface area contributed by atoms with Crippen LogP contribution >= 0.6 is 7.60 Å². The molecule has 0 bridgehead atoms. The summed E-state index contributed by atoms with van der Waals surface area (Å²) in [6.45, 7) is 4.29. The minimum absolute atomic E-state index is 0.0825. The van der Waals surface area contributed by atoms with Crippen molar-refractivity contribution in [1.82, 2.24) is 0 Å². The Labute approximate surface area is 99.8 Å². The Morgan fingerprint density at radius 2 is 1.50 bits per heavy atom. The number of unbranched alkanes of at least 4 members (excludes halogenated alkanes) is 4. The molecule has 16 heavy (non-hydrogen) atoms. The van der Waals surface area contributed by atoms with Crippen molar-refractivity contribution in [3.8, 4) is 0 Å². The van der Waals surface area contributed by atoms with E-state index in [0.29, 0.717) is 0 Å². The molecule has 0 heterocycles. The summed E-state index contributed by atoms with van der Waals surface area (Å²) in [5.41, 5.74) is 0. The van der Waals surface area contributed by atoms with Crippen LogP contribution in [0.15, 0.2) is 0 Å². The molecule has 1 unspecified atom stereocenters. The third kappa shape index (κ3) is 10.7. The van der Waals surface area contributed by atoms with Crippen LogP contribution in [-0.4, -0.2) is 15.9 Å². The first kappa shape index (κ1) is 16.1. The van der Waals surface area contributed by atoms with Crippen molar-refractivity contribution in [2.45, 2.75) is 65.2 Å². The zero-order chi connectivity index (χ0) is 12.4. The molecule has 3 nitrogen and oxygen atoms in total. The summed E-state index contributed by atoms with van der Waals surface area (Å²) < 4.78 is 11.0. The lowest BCUT2D eigenvalue weighted by atomic mass is 9.97. The first-order chi connectivity index (χ1) is 7.49. The van der Waals surface area contributed by atoms with Gasteiger partial charge in [0.05, 0.1) is 6.16 Å². The molecule has 2 N–H and O–H groups in total. The zero-order valence-corrected chi connectivity index (χ0v) is 11.6. The van der Waals surface area contributed by atoms with Gasteiger partial charge in [-0.05, 0) is 18.8 Å². The zero-order valence-electron chi connectivity index (χ0n) is 10.7. The van der Waals surface area contributed by atoms with Gasteiger partial charge < -0.3 is 9.79 Å². The lowest BCUT2D eigenvalue weighted by Gasteiger charge is -2.17.